The summed E-state index contributed by atoms with van der Waals surface area (Å²) in [6.45, 7) is 3.09. The fourth-order valence-electron chi connectivity index (χ4n) is 5.63. The largest absolute Gasteiger partial charge is 0.373 e. The highest BCUT2D eigenvalue weighted by Crippen LogP contribution is 2.49. The van der Waals surface area contributed by atoms with Crippen molar-refractivity contribution >= 4 is 17.7 Å². The van der Waals surface area contributed by atoms with Gasteiger partial charge in [-0.3, -0.25) is 19.3 Å². The SMILES string of the molecule is CC(C(=O)N1CCC2CCC(C1)N2)N1C(=O)C2C3CCC(O3)C2C1=O. The Kier molecular flexibility index (Phi) is 3.47. The van der Waals surface area contributed by atoms with Crippen LogP contribution in [-0.2, 0) is 19.1 Å². The quantitative estimate of drug-likeness (QED) is 0.705. The minimum Gasteiger partial charge on any atom is -0.373 e. The number of nitrogens with zero attached hydrogens (tertiary/aromatic N) is 2. The molecule has 5 fully saturated rings. The van der Waals surface area contributed by atoms with Gasteiger partial charge in [0.1, 0.15) is 6.04 Å². The average molecular weight is 347 g/mol. The minimum atomic E-state index is -0.707. The van der Waals surface area contributed by atoms with E-state index < -0.39 is 6.04 Å². The lowest BCUT2D eigenvalue weighted by atomic mass is 9.81. The normalized spacial score (nSPS) is 43.6. The van der Waals surface area contributed by atoms with Crippen LogP contribution in [0.5, 0.6) is 0 Å². The summed E-state index contributed by atoms with van der Waals surface area (Å²) in [5, 5.41) is 3.56. The van der Waals surface area contributed by atoms with Crippen LogP contribution >= 0.6 is 0 Å². The molecule has 0 saturated carbocycles. The fourth-order valence-corrected chi connectivity index (χ4v) is 5.63. The van der Waals surface area contributed by atoms with Crippen LogP contribution in [0.15, 0.2) is 0 Å². The Morgan fingerprint density at radius 1 is 1.04 bits per heavy atom. The van der Waals surface area contributed by atoms with Gasteiger partial charge in [-0.25, -0.2) is 0 Å². The van der Waals surface area contributed by atoms with E-state index >= 15 is 0 Å². The zero-order chi connectivity index (χ0) is 17.3. The van der Waals surface area contributed by atoms with Crippen molar-refractivity contribution < 1.29 is 19.1 Å². The maximum atomic E-state index is 13.0. The molecular formula is C18H25N3O4. The Hall–Kier alpha value is -1.47. The van der Waals surface area contributed by atoms with Gasteiger partial charge in [0, 0.05) is 25.2 Å². The molecule has 5 heterocycles. The number of hydrogen-bond donors (Lipinski definition) is 1. The Balaban J connectivity index is 1.34. The van der Waals surface area contributed by atoms with E-state index in [2.05, 4.69) is 5.32 Å². The van der Waals surface area contributed by atoms with Gasteiger partial charge in [-0.1, -0.05) is 0 Å². The second-order valence-corrected chi connectivity index (χ2v) is 8.28. The van der Waals surface area contributed by atoms with Crippen LogP contribution in [-0.4, -0.2) is 70.9 Å². The molecule has 0 aromatic rings. The zero-order valence-corrected chi connectivity index (χ0v) is 14.5. The highest BCUT2D eigenvalue weighted by molar-refractivity contribution is 6.09. The van der Waals surface area contributed by atoms with E-state index in [1.165, 1.54) is 11.3 Å². The standard InChI is InChI=1S/C18H25N3O4/c1-9(16(22)20-7-6-10-2-3-11(8-20)19-10)21-17(23)14-12-4-5-13(25-12)15(14)18(21)24/h9-15,19H,2-8H2,1H3. The van der Waals surface area contributed by atoms with Crippen LogP contribution in [0.1, 0.15) is 39.0 Å². The number of rotatable bonds is 2. The zero-order valence-electron chi connectivity index (χ0n) is 14.5. The summed E-state index contributed by atoms with van der Waals surface area (Å²) in [6.07, 6.45) is 4.66. The van der Waals surface area contributed by atoms with E-state index in [0.717, 1.165) is 25.7 Å². The lowest BCUT2D eigenvalue weighted by Crippen LogP contribution is -2.52. The van der Waals surface area contributed by atoms with Crippen LogP contribution in [0.3, 0.4) is 0 Å². The fraction of sp³-hybridized carbons (Fsp3) is 0.833. The second-order valence-electron chi connectivity index (χ2n) is 8.28. The first kappa shape index (κ1) is 15.8. The molecule has 0 spiro atoms. The summed E-state index contributed by atoms with van der Waals surface area (Å²) in [5.74, 6) is -1.20. The first-order valence-corrected chi connectivity index (χ1v) is 9.62. The smallest absolute Gasteiger partial charge is 0.245 e. The van der Waals surface area contributed by atoms with Crippen molar-refractivity contribution in [3.8, 4) is 0 Å². The molecule has 5 aliphatic heterocycles. The Morgan fingerprint density at radius 2 is 1.68 bits per heavy atom. The van der Waals surface area contributed by atoms with Crippen LogP contribution in [0.4, 0.5) is 0 Å². The van der Waals surface area contributed by atoms with Crippen molar-refractivity contribution in [1.29, 1.82) is 0 Å². The number of likely N-dealkylation sites (tertiary alicyclic amines) is 2. The van der Waals surface area contributed by atoms with Gasteiger partial charge in [0.15, 0.2) is 0 Å². The predicted molar refractivity (Wildman–Crippen MR) is 87.3 cm³/mol. The van der Waals surface area contributed by atoms with Gasteiger partial charge in [-0.2, -0.15) is 0 Å². The first-order chi connectivity index (χ1) is 12.0. The molecule has 0 aliphatic carbocycles. The van der Waals surface area contributed by atoms with E-state index in [1.807, 2.05) is 4.90 Å². The topological polar surface area (TPSA) is 79.0 Å². The number of imide groups is 1. The molecule has 5 aliphatic rings. The number of amides is 3. The molecule has 4 bridgehead atoms. The maximum absolute atomic E-state index is 13.0. The molecule has 0 radical (unpaired) electrons. The number of nitrogens with one attached hydrogen (secondary N) is 1. The van der Waals surface area contributed by atoms with Crippen molar-refractivity contribution in [1.82, 2.24) is 15.1 Å². The van der Waals surface area contributed by atoms with Crippen molar-refractivity contribution in [2.24, 2.45) is 11.8 Å². The van der Waals surface area contributed by atoms with Gasteiger partial charge in [-0.15, -0.1) is 0 Å². The minimum absolute atomic E-state index is 0.0933. The molecule has 25 heavy (non-hydrogen) atoms. The number of hydrogen-bond acceptors (Lipinski definition) is 5. The molecule has 3 amide bonds. The van der Waals surface area contributed by atoms with Gasteiger partial charge in [0.05, 0.1) is 24.0 Å². The Labute approximate surface area is 147 Å². The molecule has 1 N–H and O–H groups in total. The maximum Gasteiger partial charge on any atom is 0.245 e. The van der Waals surface area contributed by atoms with Gasteiger partial charge < -0.3 is 15.0 Å². The Morgan fingerprint density at radius 3 is 2.36 bits per heavy atom. The predicted octanol–water partition coefficient (Wildman–Crippen LogP) is -0.110. The second kappa shape index (κ2) is 5.51. The van der Waals surface area contributed by atoms with Crippen LogP contribution < -0.4 is 5.32 Å². The summed E-state index contributed by atoms with van der Waals surface area (Å²) in [6, 6.07) is 0.138. The van der Waals surface area contributed by atoms with E-state index in [-0.39, 0.29) is 41.8 Å². The molecule has 7 atom stereocenters. The molecule has 5 saturated heterocycles. The lowest BCUT2D eigenvalue weighted by molar-refractivity contribution is -0.152. The number of fused-ring (bicyclic) bond motifs is 7. The van der Waals surface area contributed by atoms with Gasteiger partial charge >= 0.3 is 0 Å². The van der Waals surface area contributed by atoms with Crippen molar-refractivity contribution in [2.45, 2.75) is 69.4 Å². The molecule has 0 aromatic heterocycles. The molecule has 0 aromatic carbocycles. The summed E-state index contributed by atoms with van der Waals surface area (Å²) in [7, 11) is 0. The van der Waals surface area contributed by atoms with Crippen LogP contribution in [0.2, 0.25) is 0 Å². The third-order valence-electron chi connectivity index (χ3n) is 6.90. The summed E-state index contributed by atoms with van der Waals surface area (Å²) in [4.78, 5) is 41.8. The van der Waals surface area contributed by atoms with Gasteiger partial charge in [0.25, 0.3) is 0 Å². The molecule has 5 rings (SSSR count). The molecule has 7 nitrogen and oxygen atoms in total. The van der Waals surface area contributed by atoms with E-state index in [0.29, 0.717) is 25.2 Å². The summed E-state index contributed by atoms with van der Waals surface area (Å²) < 4.78 is 5.76. The van der Waals surface area contributed by atoms with E-state index in [4.69, 9.17) is 4.74 Å². The Bertz CT molecular complexity index is 610. The monoisotopic (exact) mass is 347 g/mol. The number of carbonyl (C=O) groups excluding carboxylic acids is 3. The van der Waals surface area contributed by atoms with Gasteiger partial charge in [-0.05, 0) is 39.0 Å². The van der Waals surface area contributed by atoms with Crippen molar-refractivity contribution in [3.63, 3.8) is 0 Å². The molecule has 7 heteroatoms. The number of ether oxygens (including phenoxy) is 1. The lowest BCUT2D eigenvalue weighted by Gasteiger charge is -2.31. The third kappa shape index (κ3) is 2.21. The third-order valence-corrected chi connectivity index (χ3v) is 6.90. The summed E-state index contributed by atoms with van der Waals surface area (Å²) >= 11 is 0. The first-order valence-electron chi connectivity index (χ1n) is 9.62. The highest BCUT2D eigenvalue weighted by atomic mass is 16.5. The summed E-state index contributed by atoms with van der Waals surface area (Å²) in [5.41, 5.74) is 0. The van der Waals surface area contributed by atoms with Crippen LogP contribution in [0, 0.1) is 11.8 Å². The number of carbonyl (C=O) groups is 3. The molecular weight excluding hydrogens is 322 g/mol. The molecule has 136 valence electrons. The van der Waals surface area contributed by atoms with Crippen molar-refractivity contribution in [3.05, 3.63) is 0 Å². The van der Waals surface area contributed by atoms with E-state index in [9.17, 15) is 14.4 Å². The molecule has 7 unspecified atom stereocenters. The van der Waals surface area contributed by atoms with Crippen molar-refractivity contribution in [2.75, 3.05) is 13.1 Å². The van der Waals surface area contributed by atoms with Crippen LogP contribution in [0.25, 0.3) is 0 Å². The average Bonchev–Trinajstić information content (AvgIpc) is 3.31. The highest BCUT2D eigenvalue weighted by Gasteiger charge is 2.63. The van der Waals surface area contributed by atoms with Gasteiger partial charge in [0.2, 0.25) is 17.7 Å². The van der Waals surface area contributed by atoms with E-state index in [1.54, 1.807) is 6.92 Å².